The van der Waals surface area contributed by atoms with E-state index in [9.17, 15) is 5.11 Å². The van der Waals surface area contributed by atoms with Crippen molar-refractivity contribution in [2.24, 2.45) is 0 Å². The molecule has 1 aromatic carbocycles. The normalized spacial score (nSPS) is 22.5. The van der Waals surface area contributed by atoms with Crippen molar-refractivity contribution in [3.63, 3.8) is 0 Å². The third-order valence-corrected chi connectivity index (χ3v) is 4.70. The number of hydrogen-bond donors (Lipinski definition) is 2. The van der Waals surface area contributed by atoms with Crippen molar-refractivity contribution < 1.29 is 9.84 Å². The van der Waals surface area contributed by atoms with Gasteiger partial charge in [0.05, 0.1) is 7.11 Å². The van der Waals surface area contributed by atoms with Crippen molar-refractivity contribution in [1.29, 1.82) is 0 Å². The predicted molar refractivity (Wildman–Crippen MR) is 86.2 cm³/mol. The Morgan fingerprint density at radius 2 is 2.00 bits per heavy atom. The standard InChI is InChI=1S/C16H25ClN2O2/c1-18-13-4-6-14(7-5-13)19(2)10-11-8-12(17)9-15(21-3)16(11)20/h8-9,13-14,18,20H,4-7,10H2,1-3H3. The fourth-order valence-electron chi connectivity index (χ4n) is 3.11. The van der Waals surface area contributed by atoms with Crippen LogP contribution in [-0.4, -0.2) is 43.3 Å². The molecule has 0 unspecified atom stereocenters. The minimum absolute atomic E-state index is 0.192. The minimum atomic E-state index is 0.192. The minimum Gasteiger partial charge on any atom is -0.504 e. The molecule has 0 aliphatic heterocycles. The lowest BCUT2D eigenvalue weighted by molar-refractivity contribution is 0.168. The number of phenols is 1. The Balaban J connectivity index is 2.03. The molecule has 1 fully saturated rings. The molecule has 2 N–H and O–H groups in total. The lowest BCUT2D eigenvalue weighted by atomic mass is 9.90. The maximum atomic E-state index is 10.2. The first-order valence-electron chi connectivity index (χ1n) is 7.48. The highest BCUT2D eigenvalue weighted by atomic mass is 35.5. The van der Waals surface area contributed by atoms with Gasteiger partial charge in [-0.05, 0) is 45.8 Å². The highest BCUT2D eigenvalue weighted by molar-refractivity contribution is 6.30. The number of halogens is 1. The Morgan fingerprint density at radius 3 is 2.57 bits per heavy atom. The molecular weight excluding hydrogens is 288 g/mol. The van der Waals surface area contributed by atoms with Gasteiger partial charge in [0.2, 0.25) is 0 Å². The van der Waals surface area contributed by atoms with Crippen molar-refractivity contribution in [2.75, 3.05) is 21.2 Å². The lowest BCUT2D eigenvalue weighted by Crippen LogP contribution is -2.39. The first kappa shape index (κ1) is 16.4. The van der Waals surface area contributed by atoms with Crippen LogP contribution in [0.1, 0.15) is 31.2 Å². The summed E-state index contributed by atoms with van der Waals surface area (Å²) in [7, 11) is 5.68. The fourth-order valence-corrected chi connectivity index (χ4v) is 3.34. The van der Waals surface area contributed by atoms with Crippen molar-refractivity contribution in [1.82, 2.24) is 10.2 Å². The van der Waals surface area contributed by atoms with Gasteiger partial charge < -0.3 is 15.2 Å². The summed E-state index contributed by atoms with van der Waals surface area (Å²) < 4.78 is 5.16. The Morgan fingerprint density at radius 1 is 1.33 bits per heavy atom. The first-order valence-corrected chi connectivity index (χ1v) is 7.85. The van der Waals surface area contributed by atoms with Crippen LogP contribution in [0, 0.1) is 0 Å². The molecule has 2 rings (SSSR count). The highest BCUT2D eigenvalue weighted by Gasteiger charge is 2.24. The van der Waals surface area contributed by atoms with Gasteiger partial charge in [-0.15, -0.1) is 0 Å². The van der Waals surface area contributed by atoms with Crippen LogP contribution < -0.4 is 10.1 Å². The van der Waals surface area contributed by atoms with Crippen molar-refractivity contribution in [3.05, 3.63) is 22.7 Å². The second-order valence-electron chi connectivity index (χ2n) is 5.83. The van der Waals surface area contributed by atoms with E-state index < -0.39 is 0 Å². The molecule has 0 bridgehead atoms. The maximum absolute atomic E-state index is 10.2. The van der Waals surface area contributed by atoms with Gasteiger partial charge in [-0.1, -0.05) is 11.6 Å². The van der Waals surface area contributed by atoms with E-state index in [1.807, 2.05) is 13.1 Å². The van der Waals surface area contributed by atoms with Crippen LogP contribution in [0.3, 0.4) is 0 Å². The maximum Gasteiger partial charge on any atom is 0.162 e. The molecule has 4 nitrogen and oxygen atoms in total. The van der Waals surface area contributed by atoms with Crippen LogP contribution in [0.5, 0.6) is 11.5 Å². The zero-order chi connectivity index (χ0) is 15.4. The molecule has 1 aromatic rings. The summed E-state index contributed by atoms with van der Waals surface area (Å²) in [6.07, 6.45) is 4.77. The molecule has 1 aliphatic rings. The average Bonchev–Trinajstić information content (AvgIpc) is 2.50. The van der Waals surface area contributed by atoms with Gasteiger partial charge in [-0.25, -0.2) is 0 Å². The Bertz CT molecular complexity index is 474. The summed E-state index contributed by atoms with van der Waals surface area (Å²) in [5.41, 5.74) is 0.817. The molecule has 0 amide bonds. The van der Waals surface area contributed by atoms with E-state index in [-0.39, 0.29) is 5.75 Å². The van der Waals surface area contributed by atoms with E-state index in [0.717, 1.165) is 5.56 Å². The van der Waals surface area contributed by atoms with Crippen molar-refractivity contribution >= 4 is 11.6 Å². The second kappa shape index (κ2) is 7.34. The number of aromatic hydroxyl groups is 1. The molecule has 5 heteroatoms. The SMILES string of the molecule is CNC1CCC(N(C)Cc2cc(Cl)cc(OC)c2O)CC1. The van der Waals surface area contributed by atoms with Gasteiger partial charge >= 0.3 is 0 Å². The molecule has 1 aliphatic carbocycles. The van der Waals surface area contributed by atoms with Crippen LogP contribution in [0.15, 0.2) is 12.1 Å². The third kappa shape index (κ3) is 4.02. The van der Waals surface area contributed by atoms with Gasteiger partial charge in [0, 0.05) is 35.3 Å². The van der Waals surface area contributed by atoms with E-state index in [4.69, 9.17) is 16.3 Å². The van der Waals surface area contributed by atoms with E-state index >= 15 is 0 Å². The number of benzene rings is 1. The van der Waals surface area contributed by atoms with Crippen LogP contribution in [0.25, 0.3) is 0 Å². The van der Waals surface area contributed by atoms with Gasteiger partial charge in [-0.3, -0.25) is 4.90 Å². The zero-order valence-corrected chi connectivity index (χ0v) is 13.8. The average molecular weight is 313 g/mol. The molecule has 0 heterocycles. The summed E-state index contributed by atoms with van der Waals surface area (Å²) in [4.78, 5) is 2.30. The zero-order valence-electron chi connectivity index (χ0n) is 13.0. The molecule has 1 saturated carbocycles. The first-order chi connectivity index (χ1) is 10.0. The van der Waals surface area contributed by atoms with E-state index in [2.05, 4.69) is 17.3 Å². The monoisotopic (exact) mass is 312 g/mol. The van der Waals surface area contributed by atoms with Crippen molar-refractivity contribution in [3.8, 4) is 11.5 Å². The number of nitrogens with zero attached hydrogens (tertiary/aromatic N) is 1. The van der Waals surface area contributed by atoms with Crippen molar-refractivity contribution in [2.45, 2.75) is 44.3 Å². The second-order valence-corrected chi connectivity index (χ2v) is 6.26. The quantitative estimate of drug-likeness (QED) is 0.877. The Kier molecular flexibility index (Phi) is 5.73. The number of hydrogen-bond acceptors (Lipinski definition) is 4. The fraction of sp³-hybridized carbons (Fsp3) is 0.625. The molecule has 0 aromatic heterocycles. The summed E-state index contributed by atoms with van der Waals surface area (Å²) in [6.45, 7) is 0.678. The molecule has 118 valence electrons. The van der Waals surface area contributed by atoms with Gasteiger partial charge in [0.15, 0.2) is 11.5 Å². The van der Waals surface area contributed by atoms with E-state index in [1.165, 1.54) is 32.8 Å². The Labute approximate surface area is 132 Å². The summed E-state index contributed by atoms with van der Waals surface area (Å²) in [6, 6.07) is 4.65. The number of rotatable bonds is 5. The topological polar surface area (TPSA) is 44.7 Å². The molecule has 0 atom stereocenters. The number of phenolic OH excluding ortho intramolecular Hbond substituents is 1. The number of ether oxygens (including phenoxy) is 1. The summed E-state index contributed by atoms with van der Waals surface area (Å²) in [5, 5.41) is 14.2. The van der Waals surface area contributed by atoms with E-state index in [0.29, 0.717) is 29.4 Å². The predicted octanol–water partition coefficient (Wildman–Crippen LogP) is 3.02. The van der Waals surface area contributed by atoms with Gasteiger partial charge in [0.25, 0.3) is 0 Å². The van der Waals surface area contributed by atoms with E-state index in [1.54, 1.807) is 6.07 Å². The lowest BCUT2D eigenvalue weighted by Gasteiger charge is -2.34. The smallest absolute Gasteiger partial charge is 0.162 e. The van der Waals surface area contributed by atoms with Gasteiger partial charge in [0.1, 0.15) is 0 Å². The molecule has 21 heavy (non-hydrogen) atoms. The highest BCUT2D eigenvalue weighted by Crippen LogP contribution is 2.35. The Hall–Kier alpha value is -0.970. The number of methoxy groups -OCH3 is 1. The number of nitrogens with one attached hydrogen (secondary N) is 1. The summed E-state index contributed by atoms with van der Waals surface area (Å²) in [5.74, 6) is 0.627. The largest absolute Gasteiger partial charge is 0.504 e. The molecule has 0 saturated heterocycles. The third-order valence-electron chi connectivity index (χ3n) is 4.49. The summed E-state index contributed by atoms with van der Waals surface area (Å²) >= 11 is 6.09. The molecule has 0 radical (unpaired) electrons. The van der Waals surface area contributed by atoms with Crippen LogP contribution >= 0.6 is 11.6 Å². The molecular formula is C16H25ClN2O2. The molecule has 0 spiro atoms. The van der Waals surface area contributed by atoms with Gasteiger partial charge in [-0.2, -0.15) is 0 Å². The van der Waals surface area contributed by atoms with Crippen LogP contribution in [-0.2, 0) is 6.54 Å². The van der Waals surface area contributed by atoms with Crippen LogP contribution in [0.2, 0.25) is 5.02 Å². The van der Waals surface area contributed by atoms with Crippen LogP contribution in [0.4, 0.5) is 0 Å².